The molecule has 0 aliphatic heterocycles. The molecule has 0 unspecified atom stereocenters. The lowest BCUT2D eigenvalue weighted by Gasteiger charge is -2.05. The van der Waals surface area contributed by atoms with Crippen LogP contribution in [-0.2, 0) is 20.0 Å². The van der Waals surface area contributed by atoms with Crippen molar-refractivity contribution >= 4 is 5.91 Å². The van der Waals surface area contributed by atoms with E-state index < -0.39 is 0 Å². The lowest BCUT2D eigenvalue weighted by atomic mass is 10.2. The number of aryl methyl sites for hydroxylation is 1. The SMILES string of the molecule is Cn1cc(CCNC(=O)c2ccnc(CN)c2)cn1. The third kappa shape index (κ3) is 3.62. The number of nitrogens with zero attached hydrogens (tertiary/aromatic N) is 3. The van der Waals surface area contributed by atoms with E-state index in [1.54, 1.807) is 29.2 Å². The van der Waals surface area contributed by atoms with Gasteiger partial charge in [-0.05, 0) is 24.1 Å². The standard InChI is InChI=1S/C13H17N5O/c1-18-9-10(8-17-18)2-4-16-13(19)11-3-5-15-12(6-11)7-14/h3,5-6,8-9H,2,4,7,14H2,1H3,(H,16,19). The smallest absolute Gasteiger partial charge is 0.251 e. The molecule has 6 nitrogen and oxygen atoms in total. The van der Waals surface area contributed by atoms with E-state index in [4.69, 9.17) is 5.73 Å². The summed E-state index contributed by atoms with van der Waals surface area (Å²) in [5.41, 5.74) is 7.88. The van der Waals surface area contributed by atoms with Gasteiger partial charge in [-0.15, -0.1) is 0 Å². The van der Waals surface area contributed by atoms with Gasteiger partial charge in [-0.3, -0.25) is 14.5 Å². The molecule has 100 valence electrons. The van der Waals surface area contributed by atoms with Crippen LogP contribution in [0, 0.1) is 0 Å². The van der Waals surface area contributed by atoms with Gasteiger partial charge in [-0.1, -0.05) is 0 Å². The van der Waals surface area contributed by atoms with Gasteiger partial charge in [0, 0.05) is 38.1 Å². The topological polar surface area (TPSA) is 85.8 Å². The van der Waals surface area contributed by atoms with E-state index in [1.165, 1.54) is 0 Å². The van der Waals surface area contributed by atoms with E-state index in [9.17, 15) is 4.79 Å². The zero-order valence-corrected chi connectivity index (χ0v) is 10.8. The average molecular weight is 259 g/mol. The molecule has 1 amide bonds. The number of nitrogens with two attached hydrogens (primary N) is 1. The van der Waals surface area contributed by atoms with Crippen molar-refractivity contribution in [2.75, 3.05) is 6.54 Å². The third-order valence-electron chi connectivity index (χ3n) is 2.75. The second kappa shape index (κ2) is 6.10. The Kier molecular flexibility index (Phi) is 4.25. The summed E-state index contributed by atoms with van der Waals surface area (Å²) in [6.07, 6.45) is 6.09. The fraction of sp³-hybridized carbons (Fsp3) is 0.308. The van der Waals surface area contributed by atoms with E-state index in [0.29, 0.717) is 24.3 Å². The van der Waals surface area contributed by atoms with Gasteiger partial charge in [-0.25, -0.2) is 0 Å². The van der Waals surface area contributed by atoms with Crippen LogP contribution < -0.4 is 11.1 Å². The highest BCUT2D eigenvalue weighted by atomic mass is 16.1. The minimum Gasteiger partial charge on any atom is -0.352 e. The number of hydrogen-bond acceptors (Lipinski definition) is 4. The van der Waals surface area contributed by atoms with Crippen LogP contribution in [-0.4, -0.2) is 27.2 Å². The van der Waals surface area contributed by atoms with Crippen molar-refractivity contribution in [2.45, 2.75) is 13.0 Å². The summed E-state index contributed by atoms with van der Waals surface area (Å²) in [6, 6.07) is 3.39. The van der Waals surface area contributed by atoms with Gasteiger partial charge in [-0.2, -0.15) is 5.10 Å². The number of carbonyl (C=O) groups excluding carboxylic acids is 1. The zero-order chi connectivity index (χ0) is 13.7. The molecule has 19 heavy (non-hydrogen) atoms. The third-order valence-corrected chi connectivity index (χ3v) is 2.75. The van der Waals surface area contributed by atoms with Crippen LogP contribution in [0.1, 0.15) is 21.6 Å². The number of pyridine rings is 1. The molecule has 0 aliphatic rings. The van der Waals surface area contributed by atoms with Gasteiger partial charge < -0.3 is 11.1 Å². The Hall–Kier alpha value is -2.21. The molecule has 0 saturated carbocycles. The Morgan fingerprint density at radius 2 is 2.37 bits per heavy atom. The highest BCUT2D eigenvalue weighted by Gasteiger charge is 2.06. The number of nitrogens with one attached hydrogen (secondary N) is 1. The van der Waals surface area contributed by atoms with Crippen molar-refractivity contribution in [3.63, 3.8) is 0 Å². The lowest BCUT2D eigenvalue weighted by Crippen LogP contribution is -2.25. The Bertz CT molecular complexity index is 564. The maximum absolute atomic E-state index is 11.9. The molecule has 6 heteroatoms. The van der Waals surface area contributed by atoms with E-state index >= 15 is 0 Å². The van der Waals surface area contributed by atoms with Crippen LogP contribution in [0.15, 0.2) is 30.7 Å². The zero-order valence-electron chi connectivity index (χ0n) is 10.8. The molecule has 0 spiro atoms. The van der Waals surface area contributed by atoms with Gasteiger partial charge in [0.1, 0.15) is 0 Å². The van der Waals surface area contributed by atoms with Crippen LogP contribution in [0.3, 0.4) is 0 Å². The van der Waals surface area contributed by atoms with Gasteiger partial charge in [0.15, 0.2) is 0 Å². The minimum atomic E-state index is -0.110. The molecule has 0 saturated heterocycles. The van der Waals surface area contributed by atoms with Crippen LogP contribution in [0.2, 0.25) is 0 Å². The van der Waals surface area contributed by atoms with E-state index in [-0.39, 0.29) is 5.91 Å². The fourth-order valence-corrected chi connectivity index (χ4v) is 1.75. The molecular formula is C13H17N5O. The number of hydrogen-bond donors (Lipinski definition) is 2. The summed E-state index contributed by atoms with van der Waals surface area (Å²) >= 11 is 0. The highest BCUT2D eigenvalue weighted by Crippen LogP contribution is 2.02. The lowest BCUT2D eigenvalue weighted by molar-refractivity contribution is 0.0954. The number of aromatic nitrogens is 3. The Morgan fingerprint density at radius 3 is 3.05 bits per heavy atom. The predicted octanol–water partition coefficient (Wildman–Crippen LogP) is 0.246. The molecule has 0 bridgehead atoms. The molecule has 0 fully saturated rings. The second-order valence-corrected chi connectivity index (χ2v) is 4.27. The Morgan fingerprint density at radius 1 is 1.53 bits per heavy atom. The predicted molar refractivity (Wildman–Crippen MR) is 71.4 cm³/mol. The van der Waals surface area contributed by atoms with Gasteiger partial charge >= 0.3 is 0 Å². The normalized spacial score (nSPS) is 10.4. The van der Waals surface area contributed by atoms with Crippen molar-refractivity contribution in [3.05, 3.63) is 47.5 Å². The van der Waals surface area contributed by atoms with E-state index in [0.717, 1.165) is 12.0 Å². The van der Waals surface area contributed by atoms with E-state index in [1.807, 2.05) is 13.2 Å². The molecule has 2 aromatic rings. The molecule has 3 N–H and O–H groups in total. The molecule has 2 rings (SSSR count). The van der Waals surface area contributed by atoms with Gasteiger partial charge in [0.25, 0.3) is 5.91 Å². The number of amides is 1. The first-order valence-electron chi connectivity index (χ1n) is 6.10. The average Bonchev–Trinajstić information content (AvgIpc) is 2.84. The van der Waals surface area contributed by atoms with Crippen molar-refractivity contribution in [2.24, 2.45) is 12.8 Å². The number of carbonyl (C=O) groups is 1. The number of rotatable bonds is 5. The molecule has 0 atom stereocenters. The van der Waals surface area contributed by atoms with Crippen molar-refractivity contribution in [1.29, 1.82) is 0 Å². The molecule has 0 radical (unpaired) electrons. The molecule has 0 aliphatic carbocycles. The quantitative estimate of drug-likeness (QED) is 0.805. The van der Waals surface area contributed by atoms with Crippen LogP contribution >= 0.6 is 0 Å². The second-order valence-electron chi connectivity index (χ2n) is 4.27. The molecular weight excluding hydrogens is 242 g/mol. The Balaban J connectivity index is 1.87. The fourth-order valence-electron chi connectivity index (χ4n) is 1.75. The van der Waals surface area contributed by atoms with Gasteiger partial charge in [0.05, 0.1) is 11.9 Å². The Labute approximate surface area is 111 Å². The first-order valence-corrected chi connectivity index (χ1v) is 6.10. The monoisotopic (exact) mass is 259 g/mol. The maximum Gasteiger partial charge on any atom is 0.251 e. The summed E-state index contributed by atoms with van der Waals surface area (Å²) in [5, 5.41) is 6.94. The van der Waals surface area contributed by atoms with Crippen molar-refractivity contribution < 1.29 is 4.79 Å². The molecule has 0 aromatic carbocycles. The van der Waals surface area contributed by atoms with Crippen molar-refractivity contribution in [1.82, 2.24) is 20.1 Å². The summed E-state index contributed by atoms with van der Waals surface area (Å²) in [5.74, 6) is -0.110. The van der Waals surface area contributed by atoms with Crippen LogP contribution in [0.5, 0.6) is 0 Å². The van der Waals surface area contributed by atoms with Gasteiger partial charge in [0.2, 0.25) is 0 Å². The van der Waals surface area contributed by atoms with E-state index in [2.05, 4.69) is 15.4 Å². The minimum absolute atomic E-state index is 0.110. The first-order chi connectivity index (χ1) is 9.19. The van der Waals surface area contributed by atoms with Crippen LogP contribution in [0.25, 0.3) is 0 Å². The summed E-state index contributed by atoms with van der Waals surface area (Å²) < 4.78 is 1.74. The van der Waals surface area contributed by atoms with Crippen LogP contribution in [0.4, 0.5) is 0 Å². The largest absolute Gasteiger partial charge is 0.352 e. The first kappa shape index (κ1) is 13.2. The highest BCUT2D eigenvalue weighted by molar-refractivity contribution is 5.94. The summed E-state index contributed by atoms with van der Waals surface area (Å²) in [4.78, 5) is 16.0. The molecule has 2 heterocycles. The maximum atomic E-state index is 11.9. The molecule has 2 aromatic heterocycles. The summed E-state index contributed by atoms with van der Waals surface area (Å²) in [7, 11) is 1.87. The summed E-state index contributed by atoms with van der Waals surface area (Å²) in [6.45, 7) is 0.904. The van der Waals surface area contributed by atoms with Crippen molar-refractivity contribution in [3.8, 4) is 0 Å².